The van der Waals surface area contributed by atoms with Crippen LogP contribution in [0.25, 0.3) is 6.08 Å². The Morgan fingerprint density at radius 3 is 2.52 bits per heavy atom. The number of hydrogen-bond donors (Lipinski definition) is 0. The summed E-state index contributed by atoms with van der Waals surface area (Å²) in [5.74, 6) is 0.636. The Labute approximate surface area is 213 Å². The van der Waals surface area contributed by atoms with Crippen LogP contribution in [0.1, 0.15) is 11.1 Å². The van der Waals surface area contributed by atoms with Gasteiger partial charge in [0.1, 0.15) is 12.4 Å². The number of anilines is 1. The molecule has 0 aromatic heterocycles. The highest BCUT2D eigenvalue weighted by atomic mass is 127. The summed E-state index contributed by atoms with van der Waals surface area (Å²) in [6.45, 7) is 0.377. The first-order valence-electron chi connectivity index (χ1n) is 9.11. The van der Waals surface area contributed by atoms with Crippen molar-refractivity contribution in [2.45, 2.75) is 6.61 Å². The molecule has 0 saturated carbocycles. The summed E-state index contributed by atoms with van der Waals surface area (Å²) in [7, 11) is 0. The minimum atomic E-state index is -0.115. The Morgan fingerprint density at radius 2 is 1.81 bits per heavy atom. The third-order valence-corrected chi connectivity index (χ3v) is 7.32. The minimum Gasteiger partial charge on any atom is -0.488 e. The normalized spacial score (nSPS) is 15.1. The molecule has 1 heterocycles. The van der Waals surface area contributed by atoms with E-state index >= 15 is 0 Å². The van der Waals surface area contributed by atoms with Crippen LogP contribution in [0.4, 0.5) is 5.69 Å². The predicted octanol–water partition coefficient (Wildman–Crippen LogP) is 7.58. The Balaban J connectivity index is 1.49. The van der Waals surface area contributed by atoms with Crippen LogP contribution in [0.5, 0.6) is 5.75 Å². The first-order chi connectivity index (χ1) is 14.9. The number of ether oxygens (including phenoxy) is 1. The fourth-order valence-corrected chi connectivity index (χ4v) is 5.25. The van der Waals surface area contributed by atoms with Gasteiger partial charge < -0.3 is 4.74 Å². The van der Waals surface area contributed by atoms with E-state index in [1.165, 1.54) is 11.8 Å². The average molecular weight is 598 g/mol. The molecule has 31 heavy (non-hydrogen) atoms. The Hall–Kier alpha value is -1.58. The molecule has 8 heteroatoms. The van der Waals surface area contributed by atoms with Crippen molar-refractivity contribution in [1.82, 2.24) is 0 Å². The van der Waals surface area contributed by atoms with Gasteiger partial charge in [0.15, 0.2) is 4.32 Å². The van der Waals surface area contributed by atoms with Gasteiger partial charge in [0.2, 0.25) is 0 Å². The molecular weight excluding hydrogens is 584 g/mol. The number of nitrogens with zero attached hydrogens (tertiary/aromatic N) is 1. The van der Waals surface area contributed by atoms with Crippen molar-refractivity contribution in [3.63, 3.8) is 0 Å². The summed E-state index contributed by atoms with van der Waals surface area (Å²) < 4.78 is 7.39. The van der Waals surface area contributed by atoms with Crippen molar-refractivity contribution in [2.24, 2.45) is 0 Å². The first-order valence-corrected chi connectivity index (χ1v) is 12.2. The molecule has 156 valence electrons. The lowest BCUT2D eigenvalue weighted by atomic mass is 10.2. The molecule has 1 aliphatic rings. The van der Waals surface area contributed by atoms with Gasteiger partial charge in [-0.25, -0.2) is 0 Å². The van der Waals surface area contributed by atoms with E-state index in [9.17, 15) is 4.79 Å². The van der Waals surface area contributed by atoms with Gasteiger partial charge in [-0.1, -0.05) is 77.5 Å². The number of carbonyl (C=O) groups is 1. The molecule has 4 rings (SSSR count). The lowest BCUT2D eigenvalue weighted by molar-refractivity contribution is -0.113. The summed E-state index contributed by atoms with van der Waals surface area (Å²) in [6.07, 6.45) is 1.85. The fraction of sp³-hybridized carbons (Fsp3) is 0.0435. The van der Waals surface area contributed by atoms with Crippen LogP contribution < -0.4 is 9.64 Å². The molecule has 1 aliphatic heterocycles. The molecule has 0 aliphatic carbocycles. The van der Waals surface area contributed by atoms with Gasteiger partial charge in [0.05, 0.1) is 24.2 Å². The van der Waals surface area contributed by atoms with Crippen molar-refractivity contribution in [3.05, 3.63) is 96.4 Å². The van der Waals surface area contributed by atoms with Crippen LogP contribution in [0, 0.1) is 3.57 Å². The van der Waals surface area contributed by atoms with Crippen molar-refractivity contribution < 1.29 is 9.53 Å². The predicted molar refractivity (Wildman–Crippen MR) is 142 cm³/mol. The highest BCUT2D eigenvalue weighted by Crippen LogP contribution is 2.36. The van der Waals surface area contributed by atoms with E-state index < -0.39 is 0 Å². The Bertz CT molecular complexity index is 1200. The van der Waals surface area contributed by atoms with E-state index in [4.69, 9.17) is 40.2 Å². The van der Waals surface area contributed by atoms with Gasteiger partial charge in [-0.2, -0.15) is 0 Å². The number of amides is 1. The molecule has 0 atom stereocenters. The molecule has 1 fully saturated rings. The maximum Gasteiger partial charge on any atom is 0.270 e. The number of carbonyl (C=O) groups excluding carboxylic acids is 1. The largest absolute Gasteiger partial charge is 0.488 e. The van der Waals surface area contributed by atoms with Crippen molar-refractivity contribution >= 4 is 91.8 Å². The minimum absolute atomic E-state index is 0.115. The quantitative estimate of drug-likeness (QED) is 0.172. The van der Waals surface area contributed by atoms with Crippen LogP contribution in [0.3, 0.4) is 0 Å². The third-order valence-electron chi connectivity index (χ3n) is 4.44. The van der Waals surface area contributed by atoms with Crippen LogP contribution >= 0.6 is 69.8 Å². The number of benzene rings is 3. The van der Waals surface area contributed by atoms with Crippen molar-refractivity contribution in [2.75, 3.05) is 4.90 Å². The van der Waals surface area contributed by atoms with E-state index in [1.807, 2.05) is 60.7 Å². The summed E-state index contributed by atoms with van der Waals surface area (Å²) in [4.78, 5) is 15.0. The van der Waals surface area contributed by atoms with E-state index in [0.29, 0.717) is 25.9 Å². The summed E-state index contributed by atoms with van der Waals surface area (Å²) in [5, 5.41) is 1.02. The molecule has 0 spiro atoms. The number of hydrogen-bond acceptors (Lipinski definition) is 4. The standard InChI is InChI=1S/C23H14Cl2INO2S2/c24-17-8-6-15(10-18(17)25)13-29-20-9-7-14(11-19(20)26)12-21-22(28)27(23(30)31-21)16-4-2-1-3-5-16/h1-12H,13H2/b21-12+. The third kappa shape index (κ3) is 5.26. The number of para-hydroxylation sites is 1. The van der Waals surface area contributed by atoms with E-state index in [1.54, 1.807) is 17.0 Å². The molecule has 0 radical (unpaired) electrons. The maximum absolute atomic E-state index is 12.9. The number of rotatable bonds is 5. The topological polar surface area (TPSA) is 29.5 Å². The molecule has 0 N–H and O–H groups in total. The summed E-state index contributed by atoms with van der Waals surface area (Å²) in [5.41, 5.74) is 2.60. The van der Waals surface area contributed by atoms with E-state index in [0.717, 1.165) is 26.1 Å². The molecule has 0 bridgehead atoms. The monoisotopic (exact) mass is 597 g/mol. The SMILES string of the molecule is O=C1/C(=C\c2ccc(OCc3ccc(Cl)c(Cl)c3)c(I)c2)SC(=S)N1c1ccccc1. The summed E-state index contributed by atoms with van der Waals surface area (Å²) in [6, 6.07) is 20.6. The van der Waals surface area contributed by atoms with Crippen LogP contribution in [0.15, 0.2) is 71.6 Å². The smallest absolute Gasteiger partial charge is 0.270 e. The van der Waals surface area contributed by atoms with Crippen LogP contribution in [-0.2, 0) is 11.4 Å². The van der Waals surface area contributed by atoms with Gasteiger partial charge >= 0.3 is 0 Å². The highest BCUT2D eigenvalue weighted by Gasteiger charge is 2.33. The highest BCUT2D eigenvalue weighted by molar-refractivity contribution is 14.1. The van der Waals surface area contributed by atoms with Gasteiger partial charge in [-0.15, -0.1) is 0 Å². The Kier molecular flexibility index (Phi) is 7.23. The number of thioether (sulfide) groups is 1. The van der Waals surface area contributed by atoms with Crippen LogP contribution in [-0.4, -0.2) is 10.2 Å². The lowest BCUT2D eigenvalue weighted by Crippen LogP contribution is -2.27. The molecule has 3 nitrogen and oxygen atoms in total. The molecular formula is C23H14Cl2INO2S2. The second-order valence-corrected chi connectivity index (χ2v) is 10.2. The average Bonchev–Trinajstić information content (AvgIpc) is 3.03. The first kappa shape index (κ1) is 22.6. The zero-order valence-corrected chi connectivity index (χ0v) is 21.2. The van der Waals surface area contributed by atoms with Gasteiger partial charge in [0, 0.05) is 0 Å². The Morgan fingerprint density at radius 1 is 1.03 bits per heavy atom. The van der Waals surface area contributed by atoms with E-state index in [2.05, 4.69) is 22.6 Å². The number of halogens is 3. The fourth-order valence-electron chi connectivity index (χ4n) is 2.93. The number of thiocarbonyl (C=S) groups is 1. The van der Waals surface area contributed by atoms with Gasteiger partial charge in [-0.05, 0) is 76.2 Å². The zero-order valence-electron chi connectivity index (χ0n) is 15.8. The van der Waals surface area contributed by atoms with Crippen LogP contribution in [0.2, 0.25) is 10.0 Å². The van der Waals surface area contributed by atoms with Gasteiger partial charge in [0.25, 0.3) is 5.91 Å². The lowest BCUT2D eigenvalue weighted by Gasteiger charge is -2.13. The molecule has 0 unspecified atom stereocenters. The zero-order chi connectivity index (χ0) is 22.0. The van der Waals surface area contributed by atoms with E-state index in [-0.39, 0.29) is 5.91 Å². The second kappa shape index (κ2) is 9.92. The molecule has 1 saturated heterocycles. The molecule has 3 aromatic rings. The maximum atomic E-state index is 12.9. The van der Waals surface area contributed by atoms with Gasteiger partial charge in [-0.3, -0.25) is 9.69 Å². The molecule has 1 amide bonds. The van der Waals surface area contributed by atoms with Crippen molar-refractivity contribution in [3.8, 4) is 5.75 Å². The van der Waals surface area contributed by atoms with Crippen molar-refractivity contribution in [1.29, 1.82) is 0 Å². The second-order valence-electron chi connectivity index (χ2n) is 6.58. The molecule has 3 aromatic carbocycles. The summed E-state index contributed by atoms with van der Waals surface area (Å²) >= 11 is 21.0.